The van der Waals surface area contributed by atoms with Gasteiger partial charge in [-0.05, 0) is 43.9 Å². The van der Waals surface area contributed by atoms with Gasteiger partial charge in [-0.15, -0.1) is 12.4 Å². The molecule has 1 aromatic carbocycles. The van der Waals surface area contributed by atoms with Crippen LogP contribution in [-0.2, 0) is 12.8 Å². The van der Waals surface area contributed by atoms with Gasteiger partial charge in [0, 0.05) is 17.8 Å². The van der Waals surface area contributed by atoms with E-state index in [1.807, 2.05) is 6.20 Å². The Balaban J connectivity index is 0.000001000. The molecule has 1 aliphatic carbocycles. The maximum atomic E-state index is 4.53. The summed E-state index contributed by atoms with van der Waals surface area (Å²) in [4.78, 5) is 4.53. The van der Waals surface area contributed by atoms with Gasteiger partial charge < -0.3 is 4.40 Å². The monoisotopic (exact) mass is 258 g/mol. The average molecular weight is 259 g/mol. The lowest BCUT2D eigenvalue weighted by Gasteiger charge is -2.11. The number of aromatic nitrogens is 2. The first-order valence-corrected chi connectivity index (χ1v) is 6.22. The molecule has 2 aromatic heterocycles. The quantitative estimate of drug-likeness (QED) is 0.601. The largest absolute Gasteiger partial charge is 0.313 e. The van der Waals surface area contributed by atoms with Gasteiger partial charge in [0.25, 0.3) is 0 Å². The van der Waals surface area contributed by atoms with Gasteiger partial charge in [0.05, 0.1) is 16.7 Å². The van der Waals surface area contributed by atoms with Crippen molar-refractivity contribution in [3.05, 3.63) is 47.4 Å². The Morgan fingerprint density at radius 3 is 3.00 bits per heavy atom. The van der Waals surface area contributed by atoms with E-state index >= 15 is 0 Å². The Bertz CT molecular complexity index is 743. The second-order valence-electron chi connectivity index (χ2n) is 4.95. The van der Waals surface area contributed by atoms with E-state index in [4.69, 9.17) is 0 Å². The molecule has 2 heterocycles. The molecular formula is C15H15ClN2. The van der Waals surface area contributed by atoms with Crippen molar-refractivity contribution >= 4 is 28.8 Å². The Morgan fingerprint density at radius 1 is 1.22 bits per heavy atom. The molecule has 0 radical (unpaired) electrons. The molecule has 0 saturated heterocycles. The summed E-state index contributed by atoms with van der Waals surface area (Å²) in [5, 5.41) is 1.42. The number of hydrogen-bond acceptors (Lipinski definition) is 1. The lowest BCUT2D eigenvalue weighted by atomic mass is 9.97. The summed E-state index contributed by atoms with van der Waals surface area (Å²) in [5.74, 6) is 0. The molecule has 0 fully saturated rings. The Labute approximate surface area is 112 Å². The molecular weight excluding hydrogens is 244 g/mol. The number of rotatable bonds is 0. The summed E-state index contributed by atoms with van der Waals surface area (Å²) in [5.41, 5.74) is 6.79. The van der Waals surface area contributed by atoms with E-state index in [9.17, 15) is 0 Å². The van der Waals surface area contributed by atoms with Gasteiger partial charge in [-0.1, -0.05) is 11.6 Å². The predicted octanol–water partition coefficient (Wildman–Crippen LogP) is 3.71. The number of hydrogen-bond donors (Lipinski definition) is 0. The highest BCUT2D eigenvalue weighted by Crippen LogP contribution is 2.33. The molecule has 0 saturated carbocycles. The molecule has 4 rings (SSSR count). The maximum Gasteiger partial charge on any atom is 0.0710 e. The SMILES string of the molecule is Cc1ccc2c(c1)c1c3c(nccn32)CCC1.Cl. The number of benzene rings is 1. The van der Waals surface area contributed by atoms with E-state index in [0.29, 0.717) is 0 Å². The van der Waals surface area contributed by atoms with Gasteiger partial charge in [0.15, 0.2) is 0 Å². The molecule has 0 aliphatic heterocycles. The van der Waals surface area contributed by atoms with Gasteiger partial charge >= 0.3 is 0 Å². The highest BCUT2D eigenvalue weighted by atomic mass is 35.5. The number of nitrogens with zero attached hydrogens (tertiary/aromatic N) is 2. The smallest absolute Gasteiger partial charge is 0.0710 e. The van der Waals surface area contributed by atoms with Gasteiger partial charge in [-0.25, -0.2) is 0 Å². The Morgan fingerprint density at radius 2 is 2.11 bits per heavy atom. The summed E-state index contributed by atoms with van der Waals surface area (Å²) in [6, 6.07) is 6.74. The second kappa shape index (κ2) is 3.99. The van der Waals surface area contributed by atoms with Crippen LogP contribution in [0, 0.1) is 6.92 Å². The summed E-state index contributed by atoms with van der Waals surface area (Å²) in [6.07, 6.45) is 7.55. The van der Waals surface area contributed by atoms with Crippen molar-refractivity contribution < 1.29 is 0 Å². The normalized spacial score (nSPS) is 13.8. The van der Waals surface area contributed by atoms with Crippen LogP contribution in [0.1, 0.15) is 23.2 Å². The van der Waals surface area contributed by atoms with Crippen molar-refractivity contribution in [2.24, 2.45) is 0 Å². The third-order valence-electron chi connectivity index (χ3n) is 3.82. The van der Waals surface area contributed by atoms with Gasteiger partial charge in [-0.2, -0.15) is 0 Å². The zero-order valence-corrected chi connectivity index (χ0v) is 11.1. The minimum Gasteiger partial charge on any atom is -0.313 e. The highest BCUT2D eigenvalue weighted by Gasteiger charge is 2.18. The third kappa shape index (κ3) is 1.39. The van der Waals surface area contributed by atoms with E-state index in [1.165, 1.54) is 46.1 Å². The molecule has 18 heavy (non-hydrogen) atoms. The van der Waals surface area contributed by atoms with Crippen LogP contribution in [0.25, 0.3) is 16.4 Å². The lowest BCUT2D eigenvalue weighted by molar-refractivity contribution is 0.780. The minimum atomic E-state index is 0. The van der Waals surface area contributed by atoms with Crippen molar-refractivity contribution in [3.63, 3.8) is 0 Å². The number of halogens is 1. The second-order valence-corrected chi connectivity index (χ2v) is 4.95. The minimum absolute atomic E-state index is 0. The summed E-state index contributed by atoms with van der Waals surface area (Å²) < 4.78 is 2.31. The van der Waals surface area contributed by atoms with Crippen LogP contribution in [0.3, 0.4) is 0 Å². The fourth-order valence-electron chi connectivity index (χ4n) is 3.08. The average Bonchev–Trinajstić information content (AvgIpc) is 2.67. The van der Waals surface area contributed by atoms with Crippen LogP contribution < -0.4 is 0 Å². The van der Waals surface area contributed by atoms with Crippen LogP contribution in [-0.4, -0.2) is 9.38 Å². The van der Waals surface area contributed by atoms with Gasteiger partial charge in [-0.3, -0.25) is 4.98 Å². The van der Waals surface area contributed by atoms with Crippen LogP contribution >= 0.6 is 12.4 Å². The molecule has 0 unspecified atom stereocenters. The van der Waals surface area contributed by atoms with Crippen molar-refractivity contribution in [3.8, 4) is 0 Å². The Hall–Kier alpha value is -1.54. The van der Waals surface area contributed by atoms with Crippen molar-refractivity contribution in [2.75, 3.05) is 0 Å². The van der Waals surface area contributed by atoms with E-state index in [2.05, 4.69) is 40.7 Å². The summed E-state index contributed by atoms with van der Waals surface area (Å²) in [7, 11) is 0. The molecule has 0 amide bonds. The van der Waals surface area contributed by atoms with Crippen molar-refractivity contribution in [1.29, 1.82) is 0 Å². The molecule has 92 valence electrons. The first-order valence-electron chi connectivity index (χ1n) is 6.22. The standard InChI is InChI=1S/C15H14N2.ClH/c1-10-5-6-14-12(9-10)11-3-2-4-13-15(11)17(14)8-7-16-13;/h5-9H,2-4H2,1H3;1H. The van der Waals surface area contributed by atoms with Crippen molar-refractivity contribution in [2.45, 2.75) is 26.2 Å². The highest BCUT2D eigenvalue weighted by molar-refractivity contribution is 5.93. The maximum absolute atomic E-state index is 4.53. The predicted molar refractivity (Wildman–Crippen MR) is 76.7 cm³/mol. The lowest BCUT2D eigenvalue weighted by Crippen LogP contribution is -2.03. The molecule has 3 aromatic rings. The molecule has 1 aliphatic rings. The number of fused-ring (bicyclic) bond motifs is 3. The van der Waals surface area contributed by atoms with E-state index in [0.717, 1.165) is 6.42 Å². The molecule has 3 heteroatoms. The van der Waals surface area contributed by atoms with E-state index < -0.39 is 0 Å². The fourth-order valence-corrected chi connectivity index (χ4v) is 3.08. The third-order valence-corrected chi connectivity index (χ3v) is 3.82. The van der Waals surface area contributed by atoms with E-state index in [1.54, 1.807) is 0 Å². The van der Waals surface area contributed by atoms with Crippen LogP contribution in [0.15, 0.2) is 30.6 Å². The van der Waals surface area contributed by atoms with Crippen LogP contribution in [0.2, 0.25) is 0 Å². The molecule has 0 spiro atoms. The zero-order chi connectivity index (χ0) is 11.4. The van der Waals surface area contributed by atoms with Crippen LogP contribution in [0.4, 0.5) is 0 Å². The fraction of sp³-hybridized carbons (Fsp3) is 0.267. The molecule has 0 N–H and O–H groups in total. The Kier molecular flexibility index (Phi) is 2.56. The summed E-state index contributed by atoms with van der Waals surface area (Å²) in [6.45, 7) is 2.16. The van der Waals surface area contributed by atoms with Gasteiger partial charge in [0.1, 0.15) is 0 Å². The molecule has 2 nitrogen and oxygen atoms in total. The summed E-state index contributed by atoms with van der Waals surface area (Å²) >= 11 is 0. The van der Waals surface area contributed by atoms with E-state index in [-0.39, 0.29) is 12.4 Å². The molecule has 0 atom stereocenters. The first kappa shape index (κ1) is 11.5. The van der Waals surface area contributed by atoms with Crippen LogP contribution in [0.5, 0.6) is 0 Å². The zero-order valence-electron chi connectivity index (χ0n) is 10.3. The van der Waals surface area contributed by atoms with Crippen molar-refractivity contribution in [1.82, 2.24) is 9.38 Å². The van der Waals surface area contributed by atoms with Gasteiger partial charge in [0.2, 0.25) is 0 Å². The molecule has 0 bridgehead atoms. The topological polar surface area (TPSA) is 17.3 Å². The number of aryl methyl sites for hydroxylation is 3. The first-order chi connectivity index (χ1) is 8.34.